The molecule has 0 bridgehead atoms. The molecule has 0 atom stereocenters. The predicted octanol–water partition coefficient (Wildman–Crippen LogP) is 1.75. The summed E-state index contributed by atoms with van der Waals surface area (Å²) in [6.45, 7) is 2.06. The van der Waals surface area contributed by atoms with Crippen molar-refractivity contribution >= 4 is 15.9 Å². The quantitative estimate of drug-likeness (QED) is 0.623. The third-order valence-electron chi connectivity index (χ3n) is 0.694. The number of rotatable bonds is 1. The van der Waals surface area contributed by atoms with E-state index in [1.165, 1.54) is 0 Å². The Balaban J connectivity index is 4.02. The third-order valence-corrected chi connectivity index (χ3v) is 1.66. The van der Waals surface area contributed by atoms with Crippen molar-refractivity contribution in [3.63, 3.8) is 0 Å². The van der Waals surface area contributed by atoms with Crippen LogP contribution in [0, 0.1) is 0 Å². The Labute approximate surface area is 54.8 Å². The van der Waals surface area contributed by atoms with Crippen molar-refractivity contribution in [2.45, 2.75) is 24.3 Å². The van der Waals surface area contributed by atoms with Crippen molar-refractivity contribution in [2.75, 3.05) is 0 Å². The molecule has 50 valence electrons. The van der Waals surface area contributed by atoms with E-state index in [1.807, 2.05) is 15.9 Å². The maximum atomic E-state index is 11.9. The fourth-order valence-electron chi connectivity index (χ4n) is 0. The van der Waals surface area contributed by atoms with Crippen molar-refractivity contribution in [1.29, 1.82) is 0 Å². The summed E-state index contributed by atoms with van der Waals surface area (Å²) in [7, 11) is 0. The van der Waals surface area contributed by atoms with Crippen LogP contribution in [0.15, 0.2) is 0 Å². The van der Waals surface area contributed by atoms with Gasteiger partial charge in [-0.2, -0.15) is 8.78 Å². The number of halogens is 3. The molecule has 0 radical (unpaired) electrons. The molecule has 0 heterocycles. The SMILES string of the molecule is CC(C)(O)C(F)(F)Br. The van der Waals surface area contributed by atoms with Crippen LogP contribution < -0.4 is 0 Å². The largest absolute Gasteiger partial charge is 0.383 e. The zero-order valence-corrected chi connectivity index (χ0v) is 6.17. The van der Waals surface area contributed by atoms with E-state index < -0.39 is 10.4 Å². The second-order valence-corrected chi connectivity index (χ2v) is 3.05. The molecule has 0 aromatic heterocycles. The van der Waals surface area contributed by atoms with Crippen LogP contribution in [0.5, 0.6) is 0 Å². The molecule has 0 aromatic carbocycles. The molecule has 0 aliphatic carbocycles. The van der Waals surface area contributed by atoms with Gasteiger partial charge in [-0.15, -0.1) is 0 Å². The highest BCUT2D eigenvalue weighted by atomic mass is 79.9. The van der Waals surface area contributed by atoms with Gasteiger partial charge >= 0.3 is 4.83 Å². The first-order valence-electron chi connectivity index (χ1n) is 2.04. The first-order valence-corrected chi connectivity index (χ1v) is 2.83. The number of hydrogen-bond donors (Lipinski definition) is 1. The van der Waals surface area contributed by atoms with Gasteiger partial charge in [0.15, 0.2) is 0 Å². The van der Waals surface area contributed by atoms with Gasteiger partial charge in [0.25, 0.3) is 0 Å². The van der Waals surface area contributed by atoms with Crippen LogP contribution in [0.25, 0.3) is 0 Å². The Kier molecular flexibility index (Phi) is 1.99. The lowest BCUT2D eigenvalue weighted by atomic mass is 10.2. The van der Waals surface area contributed by atoms with E-state index >= 15 is 0 Å². The first kappa shape index (κ1) is 8.30. The Morgan fingerprint density at radius 2 is 1.50 bits per heavy atom. The fraction of sp³-hybridized carbons (Fsp3) is 1.00. The van der Waals surface area contributed by atoms with Crippen molar-refractivity contribution in [3.05, 3.63) is 0 Å². The molecule has 1 N–H and O–H groups in total. The maximum Gasteiger partial charge on any atom is 0.328 e. The van der Waals surface area contributed by atoms with Crippen LogP contribution in [0.4, 0.5) is 8.78 Å². The zero-order valence-electron chi connectivity index (χ0n) is 4.58. The lowest BCUT2D eigenvalue weighted by Gasteiger charge is -2.22. The smallest absolute Gasteiger partial charge is 0.328 e. The lowest BCUT2D eigenvalue weighted by molar-refractivity contribution is -0.0903. The summed E-state index contributed by atoms with van der Waals surface area (Å²) >= 11 is 2.02. The van der Waals surface area contributed by atoms with E-state index in [4.69, 9.17) is 5.11 Å². The molecule has 4 heteroatoms. The van der Waals surface area contributed by atoms with Crippen LogP contribution >= 0.6 is 15.9 Å². The molecular weight excluding hydrogens is 182 g/mol. The van der Waals surface area contributed by atoms with Gasteiger partial charge in [0.2, 0.25) is 0 Å². The standard InChI is InChI=1S/C4H7BrF2O/c1-3(2,8)4(5,6)7/h8H,1-2H3. The van der Waals surface area contributed by atoms with Crippen molar-refractivity contribution in [3.8, 4) is 0 Å². The van der Waals surface area contributed by atoms with Gasteiger partial charge in [-0.05, 0) is 29.8 Å². The third kappa shape index (κ3) is 2.05. The zero-order chi connectivity index (χ0) is 7.00. The minimum absolute atomic E-state index is 1.03. The van der Waals surface area contributed by atoms with Crippen molar-refractivity contribution < 1.29 is 13.9 Å². The second-order valence-electron chi connectivity index (χ2n) is 2.06. The summed E-state index contributed by atoms with van der Waals surface area (Å²) in [5, 5.41) is 8.56. The average molecular weight is 189 g/mol. The highest BCUT2D eigenvalue weighted by molar-refractivity contribution is 9.10. The summed E-state index contributed by atoms with van der Waals surface area (Å²) in [6.07, 6.45) is 0. The van der Waals surface area contributed by atoms with Gasteiger partial charge in [0, 0.05) is 0 Å². The van der Waals surface area contributed by atoms with E-state index in [2.05, 4.69) is 0 Å². The van der Waals surface area contributed by atoms with Crippen molar-refractivity contribution in [2.24, 2.45) is 0 Å². The first-order chi connectivity index (χ1) is 3.25. The molecule has 0 amide bonds. The summed E-state index contributed by atoms with van der Waals surface area (Å²) < 4.78 is 23.8. The molecule has 0 aliphatic heterocycles. The van der Waals surface area contributed by atoms with E-state index in [-0.39, 0.29) is 0 Å². The molecule has 1 nitrogen and oxygen atoms in total. The maximum absolute atomic E-state index is 11.9. The number of hydrogen-bond acceptors (Lipinski definition) is 1. The Morgan fingerprint density at radius 3 is 1.50 bits per heavy atom. The Bertz CT molecular complexity index is 69.0. The summed E-state index contributed by atoms with van der Waals surface area (Å²) in [4.78, 5) is -3.19. The van der Waals surface area contributed by atoms with Crippen LogP contribution in [0.2, 0.25) is 0 Å². The highest BCUT2D eigenvalue weighted by Crippen LogP contribution is 2.33. The van der Waals surface area contributed by atoms with Crippen LogP contribution in [0.3, 0.4) is 0 Å². The van der Waals surface area contributed by atoms with Crippen LogP contribution in [-0.4, -0.2) is 15.5 Å². The summed E-state index contributed by atoms with van der Waals surface area (Å²) in [5.41, 5.74) is -1.98. The molecule has 0 fully saturated rings. The van der Waals surface area contributed by atoms with Gasteiger partial charge < -0.3 is 5.11 Å². The molecule has 0 aromatic rings. The molecule has 0 rings (SSSR count). The monoisotopic (exact) mass is 188 g/mol. The van der Waals surface area contributed by atoms with E-state index in [0.29, 0.717) is 0 Å². The minimum Gasteiger partial charge on any atom is -0.383 e. The summed E-state index contributed by atoms with van der Waals surface area (Å²) in [6, 6.07) is 0. The lowest BCUT2D eigenvalue weighted by Crippen LogP contribution is -2.37. The molecule has 0 unspecified atom stereocenters. The average Bonchev–Trinajstić information content (AvgIpc) is 1.25. The number of aliphatic hydroxyl groups is 1. The van der Waals surface area contributed by atoms with E-state index in [9.17, 15) is 8.78 Å². The molecule has 8 heavy (non-hydrogen) atoms. The van der Waals surface area contributed by atoms with Gasteiger partial charge in [0.1, 0.15) is 5.60 Å². The van der Waals surface area contributed by atoms with Gasteiger partial charge in [-0.1, -0.05) is 0 Å². The van der Waals surface area contributed by atoms with Gasteiger partial charge in [-0.3, -0.25) is 0 Å². The molecule has 0 aliphatic rings. The fourth-order valence-corrected chi connectivity index (χ4v) is 0. The molecule has 0 spiro atoms. The molecule has 0 saturated carbocycles. The van der Waals surface area contributed by atoms with Crippen LogP contribution in [-0.2, 0) is 0 Å². The molecule has 0 saturated heterocycles. The summed E-state index contributed by atoms with van der Waals surface area (Å²) in [5.74, 6) is 0. The topological polar surface area (TPSA) is 20.2 Å². The Morgan fingerprint density at radius 1 is 1.38 bits per heavy atom. The van der Waals surface area contributed by atoms with E-state index in [1.54, 1.807) is 0 Å². The highest BCUT2D eigenvalue weighted by Gasteiger charge is 2.42. The van der Waals surface area contributed by atoms with Gasteiger partial charge in [0.05, 0.1) is 0 Å². The number of alkyl halides is 3. The second kappa shape index (κ2) is 1.92. The van der Waals surface area contributed by atoms with Gasteiger partial charge in [-0.25, -0.2) is 0 Å². The van der Waals surface area contributed by atoms with Crippen molar-refractivity contribution in [1.82, 2.24) is 0 Å². The van der Waals surface area contributed by atoms with Crippen LogP contribution in [0.1, 0.15) is 13.8 Å². The predicted molar refractivity (Wildman–Crippen MR) is 30.2 cm³/mol. The Hall–Kier alpha value is 0.300. The normalized spacial score (nSPS) is 14.2. The van der Waals surface area contributed by atoms with E-state index in [0.717, 1.165) is 13.8 Å². The molecular formula is C4H7BrF2O. The minimum atomic E-state index is -3.19.